The second-order valence-corrected chi connectivity index (χ2v) is 5.46. The smallest absolute Gasteiger partial charge is 0.408 e. The third-order valence-corrected chi connectivity index (χ3v) is 3.34. The van der Waals surface area contributed by atoms with Crippen molar-refractivity contribution < 1.29 is 14.3 Å². The molecule has 23 heavy (non-hydrogen) atoms. The maximum Gasteiger partial charge on any atom is 0.408 e. The molecule has 0 radical (unpaired) electrons. The average Bonchev–Trinajstić information content (AvgIpc) is 2.50. The van der Waals surface area contributed by atoms with Gasteiger partial charge >= 0.3 is 6.09 Å². The third-order valence-electron chi connectivity index (χ3n) is 3.34. The van der Waals surface area contributed by atoms with Gasteiger partial charge in [-0.1, -0.05) is 59.7 Å². The summed E-state index contributed by atoms with van der Waals surface area (Å²) in [6.07, 6.45) is -0.684. The summed E-state index contributed by atoms with van der Waals surface area (Å²) in [5, 5.41) is 2.52. The van der Waals surface area contributed by atoms with E-state index in [4.69, 9.17) is 10.5 Å². The molecule has 0 aliphatic heterocycles. The Balaban J connectivity index is 2.04. The summed E-state index contributed by atoms with van der Waals surface area (Å²) in [6, 6.07) is 14.0. The zero-order valence-corrected chi connectivity index (χ0v) is 13.2. The van der Waals surface area contributed by atoms with Crippen molar-refractivity contribution in [3.63, 3.8) is 0 Å². The molecule has 1 unspecified atom stereocenters. The van der Waals surface area contributed by atoms with Crippen LogP contribution in [0.3, 0.4) is 0 Å². The van der Waals surface area contributed by atoms with Gasteiger partial charge in [0.05, 0.1) is 0 Å². The maximum absolute atomic E-state index is 11.9. The molecule has 3 N–H and O–H groups in total. The number of nitrogens with one attached hydrogen (secondary N) is 1. The van der Waals surface area contributed by atoms with Gasteiger partial charge < -0.3 is 15.8 Å². The Morgan fingerprint density at radius 2 is 1.70 bits per heavy atom. The van der Waals surface area contributed by atoms with Gasteiger partial charge in [-0.2, -0.15) is 0 Å². The molecule has 2 rings (SSSR count). The number of rotatable bonds is 5. The van der Waals surface area contributed by atoms with Crippen LogP contribution in [0.25, 0.3) is 0 Å². The molecule has 5 heteroatoms. The zero-order valence-electron chi connectivity index (χ0n) is 13.2. The molecule has 5 nitrogen and oxygen atoms in total. The van der Waals surface area contributed by atoms with Crippen LogP contribution in [0.4, 0.5) is 4.79 Å². The monoisotopic (exact) mass is 312 g/mol. The molecule has 0 aromatic heterocycles. The van der Waals surface area contributed by atoms with E-state index in [1.807, 2.05) is 62.4 Å². The molecule has 0 saturated heterocycles. The van der Waals surface area contributed by atoms with Gasteiger partial charge in [-0.3, -0.25) is 4.79 Å². The highest BCUT2D eigenvalue weighted by molar-refractivity contribution is 5.85. The van der Waals surface area contributed by atoms with E-state index in [0.717, 1.165) is 16.7 Å². The molecule has 1 atom stereocenters. The minimum atomic E-state index is -0.920. The Labute approximate surface area is 135 Å². The van der Waals surface area contributed by atoms with E-state index in [1.54, 1.807) is 0 Å². The maximum atomic E-state index is 11.9. The van der Waals surface area contributed by atoms with Crippen LogP contribution >= 0.6 is 0 Å². The lowest BCUT2D eigenvalue weighted by atomic mass is 10.0. The van der Waals surface area contributed by atoms with Crippen LogP contribution in [-0.4, -0.2) is 12.0 Å². The summed E-state index contributed by atoms with van der Waals surface area (Å²) in [5.41, 5.74) is 8.91. The first-order valence-electron chi connectivity index (χ1n) is 7.30. The number of benzene rings is 2. The molecule has 2 aromatic rings. The van der Waals surface area contributed by atoms with Gasteiger partial charge in [-0.15, -0.1) is 0 Å². The summed E-state index contributed by atoms with van der Waals surface area (Å²) >= 11 is 0. The number of primary amides is 1. The molecule has 2 aromatic carbocycles. The predicted octanol–water partition coefficient (Wildman–Crippen LogP) is 2.76. The van der Waals surface area contributed by atoms with E-state index in [9.17, 15) is 9.59 Å². The van der Waals surface area contributed by atoms with E-state index in [0.29, 0.717) is 5.56 Å². The molecular formula is C18H20N2O3. The number of carbonyl (C=O) groups is 2. The summed E-state index contributed by atoms with van der Waals surface area (Å²) < 4.78 is 5.13. The van der Waals surface area contributed by atoms with Crippen molar-refractivity contribution in [2.24, 2.45) is 5.73 Å². The summed E-state index contributed by atoms with van der Waals surface area (Å²) in [5.74, 6) is -0.633. The molecular weight excluding hydrogens is 292 g/mol. The normalized spacial score (nSPS) is 11.6. The lowest BCUT2D eigenvalue weighted by Gasteiger charge is -2.17. The Morgan fingerprint density at radius 1 is 1.09 bits per heavy atom. The van der Waals surface area contributed by atoms with Crippen molar-refractivity contribution in [2.45, 2.75) is 26.5 Å². The molecule has 0 bridgehead atoms. The molecule has 0 heterocycles. The van der Waals surface area contributed by atoms with Crippen LogP contribution in [0.1, 0.15) is 28.3 Å². The highest BCUT2D eigenvalue weighted by atomic mass is 16.5. The van der Waals surface area contributed by atoms with Gasteiger partial charge in [0.15, 0.2) is 0 Å². The minimum absolute atomic E-state index is 0.130. The summed E-state index contributed by atoms with van der Waals surface area (Å²) in [7, 11) is 0. The van der Waals surface area contributed by atoms with Crippen LogP contribution < -0.4 is 11.1 Å². The fourth-order valence-corrected chi connectivity index (χ4v) is 2.38. The number of carbonyl (C=O) groups excluding carboxylic acids is 2. The Bertz CT molecular complexity index is 678. The van der Waals surface area contributed by atoms with E-state index in [1.165, 1.54) is 0 Å². The second-order valence-electron chi connectivity index (χ2n) is 5.46. The Kier molecular flexibility index (Phi) is 5.36. The van der Waals surface area contributed by atoms with Gasteiger partial charge in [-0.05, 0) is 25.0 Å². The zero-order chi connectivity index (χ0) is 16.8. The fraction of sp³-hybridized carbons (Fsp3) is 0.222. The lowest BCUT2D eigenvalue weighted by Crippen LogP contribution is -2.37. The van der Waals surface area contributed by atoms with Crippen LogP contribution in [-0.2, 0) is 16.1 Å². The summed E-state index contributed by atoms with van der Waals surface area (Å²) in [4.78, 5) is 23.6. The number of nitrogens with two attached hydrogens (primary N) is 1. The van der Waals surface area contributed by atoms with Crippen molar-refractivity contribution >= 4 is 12.0 Å². The minimum Gasteiger partial charge on any atom is -0.445 e. The first-order valence-corrected chi connectivity index (χ1v) is 7.30. The van der Waals surface area contributed by atoms with Crippen LogP contribution in [0.15, 0.2) is 48.5 Å². The van der Waals surface area contributed by atoms with E-state index >= 15 is 0 Å². The standard InChI is InChI=1S/C18H20N2O3/c1-12-8-13(2)10-15(9-12)16(17(19)21)20-18(22)23-11-14-6-4-3-5-7-14/h3-10,16H,11H2,1-2H3,(H2,19,21)(H,20,22). The number of amides is 2. The van der Waals surface area contributed by atoms with Gasteiger partial charge in [0.1, 0.15) is 12.6 Å². The largest absolute Gasteiger partial charge is 0.445 e. The lowest BCUT2D eigenvalue weighted by molar-refractivity contribution is -0.120. The first kappa shape index (κ1) is 16.5. The van der Waals surface area contributed by atoms with Gasteiger partial charge in [0.2, 0.25) is 5.91 Å². The number of aryl methyl sites for hydroxylation is 2. The molecule has 0 aliphatic rings. The van der Waals surface area contributed by atoms with Gasteiger partial charge in [0, 0.05) is 0 Å². The number of hydrogen-bond acceptors (Lipinski definition) is 3. The van der Waals surface area contributed by atoms with Gasteiger partial charge in [-0.25, -0.2) is 4.79 Å². The Morgan fingerprint density at radius 3 is 2.26 bits per heavy atom. The second kappa shape index (κ2) is 7.45. The molecule has 0 aliphatic carbocycles. The van der Waals surface area contributed by atoms with E-state index < -0.39 is 18.0 Å². The van der Waals surface area contributed by atoms with E-state index in [2.05, 4.69) is 5.32 Å². The average molecular weight is 312 g/mol. The molecule has 0 saturated carbocycles. The topological polar surface area (TPSA) is 81.4 Å². The van der Waals surface area contributed by atoms with E-state index in [-0.39, 0.29) is 6.61 Å². The number of hydrogen-bond donors (Lipinski definition) is 2. The Hall–Kier alpha value is -2.82. The predicted molar refractivity (Wildman–Crippen MR) is 87.6 cm³/mol. The summed E-state index contributed by atoms with van der Waals surface area (Å²) in [6.45, 7) is 3.97. The quantitative estimate of drug-likeness (QED) is 0.890. The van der Waals surface area contributed by atoms with Crippen molar-refractivity contribution in [1.82, 2.24) is 5.32 Å². The highest BCUT2D eigenvalue weighted by Crippen LogP contribution is 2.17. The molecule has 0 fully saturated rings. The van der Waals surface area contributed by atoms with Crippen molar-refractivity contribution in [3.05, 3.63) is 70.8 Å². The SMILES string of the molecule is Cc1cc(C)cc(C(NC(=O)OCc2ccccc2)C(N)=O)c1. The van der Waals surface area contributed by atoms with Crippen LogP contribution in [0.5, 0.6) is 0 Å². The molecule has 2 amide bonds. The van der Waals surface area contributed by atoms with Gasteiger partial charge in [0.25, 0.3) is 0 Å². The highest BCUT2D eigenvalue weighted by Gasteiger charge is 2.21. The number of ether oxygens (including phenoxy) is 1. The van der Waals surface area contributed by atoms with Crippen LogP contribution in [0, 0.1) is 13.8 Å². The van der Waals surface area contributed by atoms with Crippen molar-refractivity contribution in [1.29, 1.82) is 0 Å². The fourth-order valence-electron chi connectivity index (χ4n) is 2.38. The molecule has 120 valence electrons. The number of alkyl carbamates (subject to hydrolysis) is 1. The van der Waals surface area contributed by atoms with Crippen molar-refractivity contribution in [2.75, 3.05) is 0 Å². The molecule has 0 spiro atoms. The first-order chi connectivity index (χ1) is 11.0. The third kappa shape index (κ3) is 4.85. The van der Waals surface area contributed by atoms with Crippen LogP contribution in [0.2, 0.25) is 0 Å². The van der Waals surface area contributed by atoms with Crippen molar-refractivity contribution in [3.8, 4) is 0 Å².